The molecule has 0 radical (unpaired) electrons. The second-order valence-corrected chi connectivity index (χ2v) is 15.7. The standard InChI is InChI=1S/C33H35F3N8O3.C6H6O3S/c1-37-23-9-11-25(12-10-23)42-27(13-17-38-42)30-29(32(47)43(40(30)2)26-8-6-7-22(21-26)33(34,35)36)31(46)39-24-14-18-41(19-15-24)28(45)16-20-44(3,4)5;7-10(8,9)6-4-2-1-3-5-6/h6-13,17,21,24H,14-16,18-20H2,2-5H3;1-5H,(H,7,8,9). The highest BCUT2D eigenvalue weighted by molar-refractivity contribution is 7.85. The Morgan fingerprint density at radius 1 is 0.965 bits per heavy atom. The van der Waals surface area contributed by atoms with Crippen LogP contribution in [0.2, 0.25) is 0 Å². The number of carbonyl (C=O) groups excluding carboxylic acids is 2. The summed E-state index contributed by atoms with van der Waals surface area (Å²) in [6.07, 6.45) is -1.78. The number of nitrogens with one attached hydrogen (secondary N) is 1. The van der Waals surface area contributed by atoms with E-state index in [1.54, 1.807) is 41.3 Å². The molecule has 1 N–H and O–H groups in total. The SMILES string of the molecule is O=S(=O)([O-])c1ccccc1.[C-]#[N+]c1ccc(-n2nccc2-c2c(C(=O)NC3CCN(C(=O)CC[N+](C)(C)C)CC3)c(=O)n(-c3cccc(C(F)(F)F)c3)n2C)cc1. The van der Waals surface area contributed by atoms with Crippen LogP contribution in [0.5, 0.6) is 0 Å². The van der Waals surface area contributed by atoms with Gasteiger partial charge in [-0.3, -0.25) is 19.1 Å². The number of carbonyl (C=O) groups is 2. The fraction of sp³-hybridized carbons (Fsp3) is 0.308. The van der Waals surface area contributed by atoms with Crippen molar-refractivity contribution in [3.8, 4) is 22.8 Å². The summed E-state index contributed by atoms with van der Waals surface area (Å²) in [4.78, 5) is 45.8. The van der Waals surface area contributed by atoms with Gasteiger partial charge in [0.15, 0.2) is 5.69 Å². The van der Waals surface area contributed by atoms with Crippen LogP contribution in [0.4, 0.5) is 18.9 Å². The van der Waals surface area contributed by atoms with E-state index >= 15 is 0 Å². The van der Waals surface area contributed by atoms with Crippen molar-refractivity contribution in [2.24, 2.45) is 7.05 Å². The van der Waals surface area contributed by atoms with Crippen molar-refractivity contribution in [1.82, 2.24) is 29.4 Å². The molecule has 2 amide bonds. The molecule has 0 spiro atoms. The number of hydrogen-bond acceptors (Lipinski definition) is 7. The summed E-state index contributed by atoms with van der Waals surface area (Å²) in [5.74, 6) is -0.632. The molecular weight excluding hydrogens is 766 g/mol. The van der Waals surface area contributed by atoms with Crippen LogP contribution >= 0.6 is 0 Å². The topological polar surface area (TPSA) is 156 Å². The number of aromatic nitrogens is 4. The Kier molecular flexibility index (Phi) is 12.6. The lowest BCUT2D eigenvalue weighted by atomic mass is 10.0. The van der Waals surface area contributed by atoms with Crippen LogP contribution in [0.1, 0.15) is 35.2 Å². The van der Waals surface area contributed by atoms with E-state index in [0.29, 0.717) is 60.4 Å². The molecule has 0 atom stereocenters. The monoisotopic (exact) mass is 806 g/mol. The van der Waals surface area contributed by atoms with Crippen molar-refractivity contribution in [2.75, 3.05) is 40.8 Å². The van der Waals surface area contributed by atoms with Crippen molar-refractivity contribution in [3.05, 3.63) is 124 Å². The Bertz CT molecular complexity index is 2440. The molecule has 14 nitrogen and oxygen atoms in total. The van der Waals surface area contributed by atoms with Gasteiger partial charge in [0.25, 0.3) is 11.5 Å². The summed E-state index contributed by atoms with van der Waals surface area (Å²) in [7, 11) is 3.30. The number of alkyl halides is 3. The number of hydrogen-bond donors (Lipinski definition) is 1. The smallest absolute Gasteiger partial charge is 0.416 e. The molecule has 1 aliphatic rings. The summed E-state index contributed by atoms with van der Waals surface area (Å²) >= 11 is 0. The summed E-state index contributed by atoms with van der Waals surface area (Å²) in [6.45, 7) is 8.83. The van der Waals surface area contributed by atoms with Crippen LogP contribution in [0.25, 0.3) is 27.6 Å². The molecule has 1 fully saturated rings. The Morgan fingerprint density at radius 2 is 1.61 bits per heavy atom. The Morgan fingerprint density at radius 3 is 2.18 bits per heavy atom. The first kappa shape index (κ1) is 42.1. The maximum atomic E-state index is 14.1. The van der Waals surface area contributed by atoms with Gasteiger partial charge in [0, 0.05) is 26.2 Å². The van der Waals surface area contributed by atoms with Crippen LogP contribution < -0.4 is 10.9 Å². The zero-order valence-electron chi connectivity index (χ0n) is 31.6. The number of likely N-dealkylation sites (tertiary alicyclic amines) is 1. The van der Waals surface area contributed by atoms with Gasteiger partial charge >= 0.3 is 6.18 Å². The number of piperidine rings is 1. The highest BCUT2D eigenvalue weighted by Crippen LogP contribution is 2.32. The Labute approximate surface area is 327 Å². The maximum absolute atomic E-state index is 14.1. The van der Waals surface area contributed by atoms with Gasteiger partial charge in [-0.05, 0) is 61.4 Å². The second-order valence-electron chi connectivity index (χ2n) is 14.3. The molecule has 1 aliphatic heterocycles. The molecule has 0 aliphatic carbocycles. The third-order valence-corrected chi connectivity index (χ3v) is 10.1. The number of rotatable bonds is 9. The quantitative estimate of drug-likeness (QED) is 0.125. The van der Waals surface area contributed by atoms with E-state index in [4.69, 9.17) is 6.57 Å². The summed E-state index contributed by atoms with van der Waals surface area (Å²) in [5, 5.41) is 7.33. The number of nitrogens with zero attached hydrogens (tertiary/aromatic N) is 7. The predicted octanol–water partition coefficient (Wildman–Crippen LogP) is 5.01. The van der Waals surface area contributed by atoms with E-state index in [0.717, 1.165) is 16.8 Å². The number of halogens is 3. The number of amides is 2. The van der Waals surface area contributed by atoms with Crippen LogP contribution in [0, 0.1) is 6.57 Å². The summed E-state index contributed by atoms with van der Waals surface area (Å²) in [6, 6.07) is 19.4. The van der Waals surface area contributed by atoms with E-state index in [9.17, 15) is 40.5 Å². The highest BCUT2D eigenvalue weighted by Gasteiger charge is 2.33. The zero-order chi connectivity index (χ0) is 41.7. The molecule has 3 aromatic carbocycles. The minimum absolute atomic E-state index is 0.0508. The predicted molar refractivity (Wildman–Crippen MR) is 204 cm³/mol. The lowest BCUT2D eigenvalue weighted by Gasteiger charge is -2.33. The van der Waals surface area contributed by atoms with E-state index in [2.05, 4.69) is 15.3 Å². The Balaban J connectivity index is 0.000000540. The molecule has 5 aromatic rings. The van der Waals surface area contributed by atoms with Crippen LogP contribution in [-0.4, -0.2) is 100 Å². The molecule has 1 saturated heterocycles. The third kappa shape index (κ3) is 10.2. The van der Waals surface area contributed by atoms with Crippen molar-refractivity contribution in [1.29, 1.82) is 0 Å². The normalized spacial score (nSPS) is 13.7. The lowest BCUT2D eigenvalue weighted by Crippen LogP contribution is -2.48. The Hall–Kier alpha value is -6.03. The molecule has 0 saturated carbocycles. The molecule has 6 rings (SSSR count). The van der Waals surface area contributed by atoms with Gasteiger partial charge in [0.1, 0.15) is 21.4 Å². The van der Waals surface area contributed by atoms with Gasteiger partial charge in [0.05, 0.1) is 74.4 Å². The molecule has 3 heterocycles. The lowest BCUT2D eigenvalue weighted by molar-refractivity contribution is -0.869. The molecule has 0 unspecified atom stereocenters. The largest absolute Gasteiger partial charge is 0.744 e. The first-order chi connectivity index (χ1) is 26.8. The van der Waals surface area contributed by atoms with E-state index in [1.807, 2.05) is 21.1 Å². The average molecular weight is 807 g/mol. The van der Waals surface area contributed by atoms with E-state index in [1.165, 1.54) is 59.0 Å². The van der Waals surface area contributed by atoms with Gasteiger partial charge in [-0.2, -0.15) is 18.3 Å². The maximum Gasteiger partial charge on any atom is 0.416 e. The number of quaternary nitrogens is 1. The van der Waals surface area contributed by atoms with E-state index < -0.39 is 33.3 Å². The van der Waals surface area contributed by atoms with Crippen molar-refractivity contribution in [2.45, 2.75) is 36.4 Å². The summed E-state index contributed by atoms with van der Waals surface area (Å²) < 4.78 is 76.3. The minimum Gasteiger partial charge on any atom is -0.744 e. The molecule has 0 bridgehead atoms. The number of benzene rings is 3. The molecule has 300 valence electrons. The van der Waals surface area contributed by atoms with Gasteiger partial charge in [-0.15, -0.1) is 0 Å². The highest BCUT2D eigenvalue weighted by atomic mass is 32.2. The van der Waals surface area contributed by atoms with Gasteiger partial charge in [0.2, 0.25) is 5.91 Å². The minimum atomic E-state index is -4.65. The van der Waals surface area contributed by atoms with E-state index in [-0.39, 0.29) is 33.8 Å². The molecule has 18 heteroatoms. The zero-order valence-corrected chi connectivity index (χ0v) is 32.4. The second kappa shape index (κ2) is 17.0. The van der Waals surface area contributed by atoms with Gasteiger partial charge < -0.3 is 19.3 Å². The van der Waals surface area contributed by atoms with Gasteiger partial charge in [-0.1, -0.05) is 36.4 Å². The van der Waals surface area contributed by atoms with Gasteiger partial charge in [-0.25, -0.2) is 22.6 Å². The van der Waals surface area contributed by atoms with Crippen LogP contribution in [0.15, 0.2) is 101 Å². The third-order valence-electron chi connectivity index (χ3n) is 9.23. The van der Waals surface area contributed by atoms with Crippen molar-refractivity contribution in [3.63, 3.8) is 0 Å². The molecular formula is C39H41F3N8O6S. The van der Waals surface area contributed by atoms with Crippen LogP contribution in [0.3, 0.4) is 0 Å². The molecule has 2 aromatic heterocycles. The average Bonchev–Trinajstić information content (AvgIpc) is 3.75. The van der Waals surface area contributed by atoms with Crippen molar-refractivity contribution < 1.29 is 40.2 Å². The fourth-order valence-electron chi connectivity index (χ4n) is 6.27. The van der Waals surface area contributed by atoms with Crippen LogP contribution in [-0.2, 0) is 28.1 Å². The summed E-state index contributed by atoms with van der Waals surface area (Å²) in [5.41, 5.74) is -0.631. The fourth-order valence-corrected chi connectivity index (χ4v) is 6.76. The molecule has 57 heavy (non-hydrogen) atoms. The first-order valence-corrected chi connectivity index (χ1v) is 19.1. The first-order valence-electron chi connectivity index (χ1n) is 17.7. The van der Waals surface area contributed by atoms with Crippen molar-refractivity contribution >= 4 is 27.6 Å².